The first-order chi connectivity index (χ1) is 10.1. The molecule has 1 aromatic carbocycles. The minimum atomic E-state index is -0.542. The molecule has 0 spiro atoms. The molecule has 1 unspecified atom stereocenters. The Morgan fingerprint density at radius 1 is 1.05 bits per heavy atom. The van der Waals surface area contributed by atoms with Gasteiger partial charge in [0.25, 0.3) is 0 Å². The zero-order valence-electron chi connectivity index (χ0n) is 13.4. The van der Waals surface area contributed by atoms with Gasteiger partial charge in [-0.05, 0) is 31.4 Å². The van der Waals surface area contributed by atoms with Crippen LogP contribution in [0.2, 0.25) is 0 Å². The van der Waals surface area contributed by atoms with Gasteiger partial charge in [-0.2, -0.15) is 0 Å². The Kier molecular flexibility index (Phi) is 4.99. The van der Waals surface area contributed by atoms with Gasteiger partial charge in [0.15, 0.2) is 11.5 Å². The second-order valence-electron chi connectivity index (χ2n) is 5.75. The Hall–Kier alpha value is -1.42. The van der Waals surface area contributed by atoms with Crippen LogP contribution in [0.4, 0.5) is 0 Å². The molecular formula is C17H26O4. The van der Waals surface area contributed by atoms with Crippen molar-refractivity contribution in [3.63, 3.8) is 0 Å². The highest BCUT2D eigenvalue weighted by molar-refractivity contribution is 5.56. The minimum Gasteiger partial charge on any atom is -0.493 e. The summed E-state index contributed by atoms with van der Waals surface area (Å²) in [7, 11) is 4.78. The fraction of sp³-hybridized carbons (Fsp3) is 0.647. The molecule has 118 valence electrons. The molecule has 1 aromatic rings. The van der Waals surface area contributed by atoms with Crippen LogP contribution in [0.25, 0.3) is 0 Å². The number of ether oxygens (including phenoxy) is 3. The second-order valence-corrected chi connectivity index (χ2v) is 5.75. The normalized spacial score (nSPS) is 18.3. The number of hydrogen-bond donors (Lipinski definition) is 1. The molecular weight excluding hydrogens is 268 g/mol. The summed E-state index contributed by atoms with van der Waals surface area (Å²) in [4.78, 5) is 0. The molecule has 4 nitrogen and oxygen atoms in total. The maximum absolute atomic E-state index is 11.0. The van der Waals surface area contributed by atoms with Crippen molar-refractivity contribution >= 4 is 0 Å². The van der Waals surface area contributed by atoms with Crippen LogP contribution < -0.4 is 14.2 Å². The lowest BCUT2D eigenvalue weighted by Crippen LogP contribution is -2.25. The molecule has 0 saturated heterocycles. The van der Waals surface area contributed by atoms with Gasteiger partial charge in [-0.3, -0.25) is 0 Å². The first-order valence-electron chi connectivity index (χ1n) is 7.60. The molecule has 0 amide bonds. The summed E-state index contributed by atoms with van der Waals surface area (Å²) in [5.41, 5.74) is 0.742. The summed E-state index contributed by atoms with van der Waals surface area (Å²) in [6.07, 6.45) is 4.90. The molecule has 0 aromatic heterocycles. The highest BCUT2D eigenvalue weighted by atomic mass is 16.5. The predicted molar refractivity (Wildman–Crippen MR) is 82.2 cm³/mol. The van der Waals surface area contributed by atoms with Crippen LogP contribution in [-0.4, -0.2) is 26.4 Å². The van der Waals surface area contributed by atoms with Gasteiger partial charge in [0.05, 0.1) is 27.4 Å². The fourth-order valence-corrected chi connectivity index (χ4v) is 3.57. The van der Waals surface area contributed by atoms with Crippen LogP contribution in [0, 0.1) is 5.41 Å². The van der Waals surface area contributed by atoms with Gasteiger partial charge in [0.1, 0.15) is 0 Å². The van der Waals surface area contributed by atoms with Crippen LogP contribution in [0.1, 0.15) is 50.7 Å². The van der Waals surface area contributed by atoms with Crippen molar-refractivity contribution in [1.29, 1.82) is 0 Å². The Bertz CT molecular complexity index is 478. The van der Waals surface area contributed by atoms with E-state index in [9.17, 15) is 5.11 Å². The Morgan fingerprint density at radius 3 is 2.14 bits per heavy atom. The van der Waals surface area contributed by atoms with Gasteiger partial charge in [0.2, 0.25) is 5.75 Å². The van der Waals surface area contributed by atoms with Crippen molar-refractivity contribution in [2.45, 2.75) is 45.1 Å². The van der Waals surface area contributed by atoms with E-state index in [4.69, 9.17) is 14.2 Å². The molecule has 1 aliphatic carbocycles. The molecule has 0 aliphatic heterocycles. The van der Waals surface area contributed by atoms with E-state index in [1.54, 1.807) is 21.3 Å². The van der Waals surface area contributed by atoms with E-state index in [0.29, 0.717) is 17.2 Å². The van der Waals surface area contributed by atoms with Gasteiger partial charge >= 0.3 is 0 Å². The molecule has 21 heavy (non-hydrogen) atoms. The third-order valence-corrected chi connectivity index (χ3v) is 4.91. The first kappa shape index (κ1) is 16.0. The van der Waals surface area contributed by atoms with Crippen LogP contribution in [-0.2, 0) is 0 Å². The largest absolute Gasteiger partial charge is 0.493 e. The quantitative estimate of drug-likeness (QED) is 0.868. The van der Waals surface area contributed by atoms with Crippen LogP contribution >= 0.6 is 0 Å². The monoisotopic (exact) mass is 294 g/mol. The average molecular weight is 294 g/mol. The first-order valence-corrected chi connectivity index (χ1v) is 7.60. The zero-order chi connectivity index (χ0) is 15.5. The lowest BCUT2D eigenvalue weighted by molar-refractivity contribution is 0.0217. The number of hydrogen-bond acceptors (Lipinski definition) is 4. The van der Waals surface area contributed by atoms with E-state index in [1.807, 2.05) is 12.1 Å². The summed E-state index contributed by atoms with van der Waals surface area (Å²) < 4.78 is 16.2. The standard InChI is InChI=1S/C17H26O4/c1-5-17(10-6-7-11-17)16(18)12-8-9-13(19-2)15(21-4)14(12)20-3/h8-9,16,18H,5-7,10-11H2,1-4H3. The van der Waals surface area contributed by atoms with Crippen LogP contribution in [0.5, 0.6) is 17.2 Å². The van der Waals surface area contributed by atoms with Gasteiger partial charge in [-0.1, -0.05) is 19.8 Å². The number of aliphatic hydroxyl groups is 1. The second kappa shape index (κ2) is 6.56. The summed E-state index contributed by atoms with van der Waals surface area (Å²) in [5.74, 6) is 1.73. The molecule has 1 aliphatic rings. The Balaban J connectivity index is 2.47. The minimum absolute atomic E-state index is 0.0487. The number of methoxy groups -OCH3 is 3. The summed E-state index contributed by atoms with van der Waals surface area (Å²) in [6, 6.07) is 3.72. The van der Waals surface area contributed by atoms with E-state index in [-0.39, 0.29) is 5.41 Å². The smallest absolute Gasteiger partial charge is 0.203 e. The molecule has 2 rings (SSSR count). The summed E-state index contributed by atoms with van der Waals surface area (Å²) in [6.45, 7) is 2.15. The van der Waals surface area contributed by atoms with E-state index in [1.165, 1.54) is 12.8 Å². The van der Waals surface area contributed by atoms with Crippen molar-refractivity contribution < 1.29 is 19.3 Å². The lowest BCUT2D eigenvalue weighted by atomic mass is 9.75. The molecule has 1 atom stereocenters. The maximum Gasteiger partial charge on any atom is 0.203 e. The molecule has 0 bridgehead atoms. The van der Waals surface area contributed by atoms with Crippen LogP contribution in [0.15, 0.2) is 12.1 Å². The van der Waals surface area contributed by atoms with Crippen molar-refractivity contribution in [2.75, 3.05) is 21.3 Å². The van der Waals surface area contributed by atoms with Crippen molar-refractivity contribution in [1.82, 2.24) is 0 Å². The topological polar surface area (TPSA) is 47.9 Å². The Morgan fingerprint density at radius 2 is 1.67 bits per heavy atom. The predicted octanol–water partition coefficient (Wildman–Crippen LogP) is 3.72. The summed E-state index contributed by atoms with van der Waals surface area (Å²) in [5, 5.41) is 11.0. The molecule has 1 fully saturated rings. The van der Waals surface area contributed by atoms with E-state index < -0.39 is 6.10 Å². The molecule has 4 heteroatoms. The van der Waals surface area contributed by atoms with Gasteiger partial charge < -0.3 is 19.3 Å². The van der Waals surface area contributed by atoms with Crippen LogP contribution in [0.3, 0.4) is 0 Å². The zero-order valence-corrected chi connectivity index (χ0v) is 13.4. The van der Waals surface area contributed by atoms with E-state index in [0.717, 1.165) is 24.8 Å². The molecule has 0 radical (unpaired) electrons. The Labute approximate surface area is 127 Å². The number of aliphatic hydroxyl groups excluding tert-OH is 1. The van der Waals surface area contributed by atoms with Crippen molar-refractivity contribution in [3.05, 3.63) is 17.7 Å². The third-order valence-electron chi connectivity index (χ3n) is 4.91. The molecule has 1 N–H and O–H groups in total. The van der Waals surface area contributed by atoms with Gasteiger partial charge in [0, 0.05) is 11.0 Å². The van der Waals surface area contributed by atoms with Gasteiger partial charge in [-0.15, -0.1) is 0 Å². The van der Waals surface area contributed by atoms with Crippen molar-refractivity contribution in [3.8, 4) is 17.2 Å². The fourth-order valence-electron chi connectivity index (χ4n) is 3.57. The highest BCUT2D eigenvalue weighted by Crippen LogP contribution is 2.53. The van der Waals surface area contributed by atoms with Crippen molar-refractivity contribution in [2.24, 2.45) is 5.41 Å². The van der Waals surface area contributed by atoms with Gasteiger partial charge in [-0.25, -0.2) is 0 Å². The number of rotatable bonds is 6. The maximum atomic E-state index is 11.0. The van der Waals surface area contributed by atoms with E-state index >= 15 is 0 Å². The molecule has 0 heterocycles. The van der Waals surface area contributed by atoms with E-state index in [2.05, 4.69) is 6.92 Å². The highest BCUT2D eigenvalue weighted by Gasteiger charge is 2.41. The molecule has 1 saturated carbocycles. The summed E-state index contributed by atoms with van der Waals surface area (Å²) >= 11 is 0. The average Bonchev–Trinajstić information content (AvgIpc) is 3.02. The third kappa shape index (κ3) is 2.69. The SMILES string of the molecule is CCC1(C(O)c2ccc(OC)c(OC)c2OC)CCCC1. The number of benzene rings is 1. The lowest BCUT2D eigenvalue weighted by Gasteiger charge is -2.34.